The van der Waals surface area contributed by atoms with Gasteiger partial charge in [-0.1, -0.05) is 13.8 Å². The molecule has 0 fully saturated rings. The van der Waals surface area contributed by atoms with E-state index in [0.717, 1.165) is 10.2 Å². The zero-order chi connectivity index (χ0) is 9.84. The van der Waals surface area contributed by atoms with Gasteiger partial charge in [-0.2, -0.15) is 0 Å². The standard InChI is InChI=1S/C10H12BrClO/c1-7(2)8(6-12)5-10-9(11)3-4-13-10/h3-5,7H,6H2,1-2H3/b8-5+. The van der Waals surface area contributed by atoms with Crippen molar-refractivity contribution in [3.63, 3.8) is 0 Å². The summed E-state index contributed by atoms with van der Waals surface area (Å²) in [6, 6.07) is 1.87. The number of allylic oxidation sites excluding steroid dienone is 1. The Labute approximate surface area is 91.9 Å². The molecular formula is C10H12BrClO. The van der Waals surface area contributed by atoms with E-state index in [-0.39, 0.29) is 0 Å². The molecule has 0 atom stereocenters. The summed E-state index contributed by atoms with van der Waals surface area (Å²) in [7, 11) is 0. The number of rotatable bonds is 3. The van der Waals surface area contributed by atoms with Crippen LogP contribution in [0.25, 0.3) is 6.08 Å². The average Bonchev–Trinajstić information content (AvgIpc) is 2.46. The largest absolute Gasteiger partial charge is 0.464 e. The second-order valence-corrected chi connectivity index (χ2v) is 4.26. The molecule has 0 amide bonds. The minimum absolute atomic E-state index is 0.453. The van der Waals surface area contributed by atoms with Crippen LogP contribution in [0, 0.1) is 5.92 Å². The Kier molecular flexibility index (Phi) is 4.07. The highest BCUT2D eigenvalue weighted by Crippen LogP contribution is 2.23. The third-order valence-electron chi connectivity index (χ3n) is 1.86. The average molecular weight is 264 g/mol. The van der Waals surface area contributed by atoms with Gasteiger partial charge < -0.3 is 4.42 Å². The molecule has 3 heteroatoms. The van der Waals surface area contributed by atoms with Gasteiger partial charge >= 0.3 is 0 Å². The predicted molar refractivity (Wildman–Crippen MR) is 59.9 cm³/mol. The highest BCUT2D eigenvalue weighted by molar-refractivity contribution is 9.10. The third kappa shape index (κ3) is 2.89. The molecule has 0 radical (unpaired) electrons. The Morgan fingerprint density at radius 3 is 2.77 bits per heavy atom. The van der Waals surface area contributed by atoms with Crippen LogP contribution in [0.2, 0.25) is 0 Å². The first-order valence-corrected chi connectivity index (χ1v) is 5.47. The monoisotopic (exact) mass is 262 g/mol. The van der Waals surface area contributed by atoms with E-state index in [1.54, 1.807) is 6.26 Å². The summed E-state index contributed by atoms with van der Waals surface area (Å²) in [5.74, 6) is 1.84. The fourth-order valence-corrected chi connectivity index (χ4v) is 1.64. The van der Waals surface area contributed by atoms with E-state index in [4.69, 9.17) is 16.0 Å². The lowest BCUT2D eigenvalue weighted by molar-refractivity contribution is 0.554. The fraction of sp³-hybridized carbons (Fsp3) is 0.400. The van der Waals surface area contributed by atoms with Crippen LogP contribution in [0.1, 0.15) is 19.6 Å². The SMILES string of the molecule is CC(C)/C(=C/c1occc1Br)CCl. The quantitative estimate of drug-likeness (QED) is 0.740. The second kappa shape index (κ2) is 4.87. The molecule has 13 heavy (non-hydrogen) atoms. The second-order valence-electron chi connectivity index (χ2n) is 3.14. The first-order chi connectivity index (χ1) is 6.15. The summed E-state index contributed by atoms with van der Waals surface area (Å²) in [4.78, 5) is 0. The Hall–Kier alpha value is -0.210. The number of halogens is 2. The van der Waals surface area contributed by atoms with Crippen molar-refractivity contribution < 1.29 is 4.42 Å². The Bertz CT molecular complexity index is 302. The van der Waals surface area contributed by atoms with Crippen LogP contribution >= 0.6 is 27.5 Å². The van der Waals surface area contributed by atoms with Gasteiger partial charge in [0.2, 0.25) is 0 Å². The predicted octanol–water partition coefficient (Wildman–Crippen LogP) is 4.32. The van der Waals surface area contributed by atoms with Crippen molar-refractivity contribution >= 4 is 33.6 Å². The summed E-state index contributed by atoms with van der Waals surface area (Å²) >= 11 is 9.20. The van der Waals surface area contributed by atoms with Crippen LogP contribution < -0.4 is 0 Å². The van der Waals surface area contributed by atoms with Crippen molar-refractivity contribution in [2.75, 3.05) is 5.88 Å². The highest BCUT2D eigenvalue weighted by Gasteiger charge is 2.05. The van der Waals surface area contributed by atoms with Gasteiger partial charge in [0.05, 0.1) is 10.7 Å². The fourth-order valence-electron chi connectivity index (χ4n) is 0.936. The molecule has 0 aromatic carbocycles. The molecule has 1 aromatic rings. The van der Waals surface area contributed by atoms with Gasteiger partial charge in [0.1, 0.15) is 5.76 Å². The summed E-state index contributed by atoms with van der Waals surface area (Å²) in [5.41, 5.74) is 1.18. The van der Waals surface area contributed by atoms with Crippen molar-refractivity contribution in [2.45, 2.75) is 13.8 Å². The molecule has 0 saturated carbocycles. The Balaban J connectivity index is 2.91. The topological polar surface area (TPSA) is 13.1 Å². The van der Waals surface area contributed by atoms with Crippen LogP contribution in [0.15, 0.2) is 26.8 Å². The van der Waals surface area contributed by atoms with Gasteiger partial charge in [0.15, 0.2) is 0 Å². The van der Waals surface area contributed by atoms with Crippen LogP contribution in [0.3, 0.4) is 0 Å². The summed E-state index contributed by atoms with van der Waals surface area (Å²) in [6.07, 6.45) is 3.64. The first kappa shape index (κ1) is 10.9. The summed E-state index contributed by atoms with van der Waals surface area (Å²) < 4.78 is 6.23. The zero-order valence-corrected chi connectivity index (χ0v) is 10.0. The minimum Gasteiger partial charge on any atom is -0.464 e. The third-order valence-corrected chi connectivity index (χ3v) is 2.82. The number of alkyl halides is 1. The van der Waals surface area contributed by atoms with Crippen molar-refractivity contribution in [3.8, 4) is 0 Å². The maximum Gasteiger partial charge on any atom is 0.140 e. The van der Waals surface area contributed by atoms with Crippen LogP contribution in [-0.4, -0.2) is 5.88 Å². The van der Waals surface area contributed by atoms with E-state index < -0.39 is 0 Å². The maximum atomic E-state index is 5.81. The molecule has 1 aromatic heterocycles. The molecule has 72 valence electrons. The molecule has 0 unspecified atom stereocenters. The van der Waals surface area contributed by atoms with E-state index in [0.29, 0.717) is 11.8 Å². The molecule has 0 aliphatic rings. The van der Waals surface area contributed by atoms with Crippen molar-refractivity contribution in [1.82, 2.24) is 0 Å². The molecule has 0 bridgehead atoms. The van der Waals surface area contributed by atoms with Gasteiger partial charge in [-0.05, 0) is 39.6 Å². The molecule has 0 spiro atoms. The van der Waals surface area contributed by atoms with Crippen LogP contribution in [-0.2, 0) is 0 Å². The molecular weight excluding hydrogens is 251 g/mol. The first-order valence-electron chi connectivity index (χ1n) is 4.14. The van der Waals surface area contributed by atoms with Gasteiger partial charge in [-0.25, -0.2) is 0 Å². The van der Waals surface area contributed by atoms with E-state index in [2.05, 4.69) is 29.8 Å². The maximum absolute atomic E-state index is 5.81. The number of furan rings is 1. The summed E-state index contributed by atoms with van der Waals surface area (Å²) in [6.45, 7) is 4.23. The Morgan fingerprint density at radius 2 is 2.38 bits per heavy atom. The summed E-state index contributed by atoms with van der Waals surface area (Å²) in [5, 5.41) is 0. The number of hydrogen-bond donors (Lipinski definition) is 0. The van der Waals surface area contributed by atoms with E-state index in [9.17, 15) is 0 Å². The Morgan fingerprint density at radius 1 is 1.69 bits per heavy atom. The van der Waals surface area contributed by atoms with Gasteiger partial charge in [0.25, 0.3) is 0 Å². The number of hydrogen-bond acceptors (Lipinski definition) is 1. The van der Waals surface area contributed by atoms with Gasteiger partial charge in [-0.3, -0.25) is 0 Å². The lowest BCUT2D eigenvalue weighted by atomic mass is 10.0. The van der Waals surface area contributed by atoms with E-state index >= 15 is 0 Å². The van der Waals surface area contributed by atoms with E-state index in [1.807, 2.05) is 12.1 Å². The van der Waals surface area contributed by atoms with Crippen molar-refractivity contribution in [2.24, 2.45) is 5.92 Å². The van der Waals surface area contributed by atoms with E-state index in [1.165, 1.54) is 5.57 Å². The lowest BCUT2D eigenvalue weighted by Crippen LogP contribution is -1.94. The van der Waals surface area contributed by atoms with Crippen LogP contribution in [0.4, 0.5) is 0 Å². The normalized spacial score (nSPS) is 12.5. The van der Waals surface area contributed by atoms with Crippen LogP contribution in [0.5, 0.6) is 0 Å². The smallest absolute Gasteiger partial charge is 0.140 e. The molecule has 0 aliphatic carbocycles. The molecule has 0 aliphatic heterocycles. The highest BCUT2D eigenvalue weighted by atomic mass is 79.9. The molecule has 1 heterocycles. The molecule has 0 saturated heterocycles. The minimum atomic E-state index is 0.453. The zero-order valence-electron chi connectivity index (χ0n) is 7.68. The molecule has 0 N–H and O–H groups in total. The molecule has 1 nitrogen and oxygen atoms in total. The van der Waals surface area contributed by atoms with Gasteiger partial charge in [0, 0.05) is 5.88 Å². The van der Waals surface area contributed by atoms with Crippen molar-refractivity contribution in [1.29, 1.82) is 0 Å². The van der Waals surface area contributed by atoms with Gasteiger partial charge in [-0.15, -0.1) is 11.6 Å². The van der Waals surface area contributed by atoms with Crippen molar-refractivity contribution in [3.05, 3.63) is 28.1 Å². The molecule has 1 rings (SSSR count). The lowest BCUT2D eigenvalue weighted by Gasteiger charge is -2.06.